The average molecular weight is 389 g/mol. The Balaban J connectivity index is 1.85. The predicted molar refractivity (Wildman–Crippen MR) is 103 cm³/mol. The Labute approximate surface area is 159 Å². The summed E-state index contributed by atoms with van der Waals surface area (Å²) < 4.78 is 24.3. The number of carboxylic acid groups (broad SMARTS) is 1. The van der Waals surface area contributed by atoms with Gasteiger partial charge in [0.2, 0.25) is 5.91 Å². The van der Waals surface area contributed by atoms with E-state index < -0.39 is 33.5 Å². The molecule has 0 aliphatic carbocycles. The first-order chi connectivity index (χ1) is 12.9. The van der Waals surface area contributed by atoms with E-state index in [9.17, 15) is 23.1 Å². The summed E-state index contributed by atoms with van der Waals surface area (Å²) in [6.07, 6.45) is 1.11. The monoisotopic (exact) mass is 389 g/mol. The summed E-state index contributed by atoms with van der Waals surface area (Å²) in [5.41, 5.74) is 1.78. The molecule has 0 bridgehead atoms. The first kappa shape index (κ1) is 20.6. The van der Waals surface area contributed by atoms with Gasteiger partial charge in [-0.3, -0.25) is 4.79 Å². The summed E-state index contributed by atoms with van der Waals surface area (Å²) in [6.45, 7) is 0. The number of rotatable bonds is 10. The Bertz CT molecular complexity index is 850. The predicted octanol–water partition coefficient (Wildman–Crippen LogP) is 1.85. The Morgan fingerprint density at radius 2 is 1.48 bits per heavy atom. The van der Waals surface area contributed by atoms with E-state index in [1.807, 2.05) is 30.3 Å². The normalized spacial score (nSPS) is 12.3. The topological polar surface area (TPSA) is 101 Å². The van der Waals surface area contributed by atoms with Gasteiger partial charge in [-0.25, -0.2) is 13.2 Å². The van der Waals surface area contributed by atoms with E-state index in [1.165, 1.54) is 0 Å². The first-order valence-corrected chi connectivity index (χ1v) is 10.5. The van der Waals surface area contributed by atoms with Crippen LogP contribution in [0.25, 0.3) is 0 Å². The van der Waals surface area contributed by atoms with Crippen LogP contribution >= 0.6 is 0 Å². The van der Waals surface area contributed by atoms with Gasteiger partial charge in [-0.2, -0.15) is 0 Å². The van der Waals surface area contributed by atoms with Crippen molar-refractivity contribution in [1.29, 1.82) is 0 Å². The summed E-state index contributed by atoms with van der Waals surface area (Å²) in [4.78, 5) is 23.4. The molecule has 2 rings (SSSR count). The standard InChI is InChI=1S/C20H23NO5S/c22-19(21-18(20(23)24)14-17-10-5-2-6-11-17)15-27(25,26)13-7-12-16-8-3-1-4-9-16/h1-6,8-11,18H,7,12-15H2,(H,21,22)(H,23,24). The van der Waals surface area contributed by atoms with Gasteiger partial charge >= 0.3 is 5.97 Å². The number of carbonyl (C=O) groups is 2. The van der Waals surface area contributed by atoms with Gasteiger partial charge in [0.05, 0.1) is 5.75 Å². The van der Waals surface area contributed by atoms with Gasteiger partial charge < -0.3 is 10.4 Å². The molecule has 1 unspecified atom stereocenters. The summed E-state index contributed by atoms with van der Waals surface area (Å²) in [5.74, 6) is -2.82. The zero-order chi connectivity index (χ0) is 19.7. The van der Waals surface area contributed by atoms with Crippen molar-refractivity contribution in [2.75, 3.05) is 11.5 Å². The lowest BCUT2D eigenvalue weighted by Gasteiger charge is -2.14. The summed E-state index contributed by atoms with van der Waals surface area (Å²) in [6, 6.07) is 17.2. The highest BCUT2D eigenvalue weighted by Crippen LogP contribution is 2.06. The molecule has 0 radical (unpaired) electrons. The summed E-state index contributed by atoms with van der Waals surface area (Å²) in [5, 5.41) is 11.6. The highest BCUT2D eigenvalue weighted by atomic mass is 32.2. The molecule has 144 valence electrons. The fraction of sp³-hybridized carbons (Fsp3) is 0.300. The van der Waals surface area contributed by atoms with E-state index in [0.717, 1.165) is 11.1 Å². The van der Waals surface area contributed by atoms with Gasteiger partial charge in [0.1, 0.15) is 11.8 Å². The maximum atomic E-state index is 12.1. The molecule has 2 aromatic rings. The first-order valence-electron chi connectivity index (χ1n) is 8.66. The highest BCUT2D eigenvalue weighted by Gasteiger charge is 2.23. The van der Waals surface area contributed by atoms with E-state index in [2.05, 4.69) is 5.32 Å². The second kappa shape index (κ2) is 9.87. The zero-order valence-electron chi connectivity index (χ0n) is 14.9. The van der Waals surface area contributed by atoms with Crippen molar-refractivity contribution in [3.63, 3.8) is 0 Å². The van der Waals surface area contributed by atoms with Crippen LogP contribution in [-0.4, -0.2) is 42.9 Å². The highest BCUT2D eigenvalue weighted by molar-refractivity contribution is 7.92. The van der Waals surface area contributed by atoms with Crippen molar-refractivity contribution in [2.45, 2.75) is 25.3 Å². The Hall–Kier alpha value is -2.67. The molecule has 0 saturated heterocycles. The van der Waals surface area contributed by atoms with Crippen molar-refractivity contribution in [2.24, 2.45) is 0 Å². The van der Waals surface area contributed by atoms with Crippen LogP contribution in [0.4, 0.5) is 0 Å². The summed E-state index contributed by atoms with van der Waals surface area (Å²) >= 11 is 0. The molecule has 2 N–H and O–H groups in total. The van der Waals surface area contributed by atoms with Crippen LogP contribution in [0.3, 0.4) is 0 Å². The lowest BCUT2D eigenvalue weighted by molar-refractivity contribution is -0.141. The smallest absolute Gasteiger partial charge is 0.326 e. The number of hydrogen-bond acceptors (Lipinski definition) is 4. The van der Waals surface area contributed by atoms with Crippen LogP contribution in [0.15, 0.2) is 60.7 Å². The van der Waals surface area contributed by atoms with Crippen molar-refractivity contribution < 1.29 is 23.1 Å². The van der Waals surface area contributed by atoms with Crippen LogP contribution < -0.4 is 5.32 Å². The second-order valence-electron chi connectivity index (χ2n) is 6.33. The van der Waals surface area contributed by atoms with Gasteiger partial charge in [-0.05, 0) is 24.0 Å². The molecule has 27 heavy (non-hydrogen) atoms. The van der Waals surface area contributed by atoms with Gasteiger partial charge in [0.25, 0.3) is 0 Å². The lowest BCUT2D eigenvalue weighted by atomic mass is 10.1. The number of carbonyl (C=O) groups excluding carboxylic acids is 1. The molecule has 0 aliphatic rings. The van der Waals surface area contributed by atoms with E-state index in [1.54, 1.807) is 30.3 Å². The Morgan fingerprint density at radius 3 is 2.04 bits per heavy atom. The van der Waals surface area contributed by atoms with E-state index >= 15 is 0 Å². The van der Waals surface area contributed by atoms with Crippen LogP contribution in [-0.2, 0) is 32.3 Å². The van der Waals surface area contributed by atoms with E-state index in [0.29, 0.717) is 12.8 Å². The van der Waals surface area contributed by atoms with Crippen molar-refractivity contribution in [3.8, 4) is 0 Å². The second-order valence-corrected chi connectivity index (χ2v) is 8.51. The van der Waals surface area contributed by atoms with Crippen LogP contribution in [0.1, 0.15) is 17.5 Å². The number of amides is 1. The third kappa shape index (κ3) is 7.62. The maximum absolute atomic E-state index is 12.1. The number of aliphatic carboxylic acids is 1. The number of nitrogens with one attached hydrogen (secondary N) is 1. The molecule has 6 nitrogen and oxygen atoms in total. The molecule has 0 heterocycles. The molecule has 1 atom stereocenters. The van der Waals surface area contributed by atoms with Gasteiger partial charge in [0, 0.05) is 6.42 Å². The van der Waals surface area contributed by atoms with Crippen LogP contribution in [0.5, 0.6) is 0 Å². The third-order valence-electron chi connectivity index (χ3n) is 4.03. The molecule has 0 saturated carbocycles. The minimum Gasteiger partial charge on any atom is -0.480 e. The largest absolute Gasteiger partial charge is 0.480 e. The van der Waals surface area contributed by atoms with Crippen molar-refractivity contribution in [3.05, 3.63) is 71.8 Å². The third-order valence-corrected chi connectivity index (χ3v) is 5.64. The number of hydrogen-bond donors (Lipinski definition) is 2. The molecule has 1 amide bonds. The average Bonchev–Trinajstić information content (AvgIpc) is 2.62. The van der Waals surface area contributed by atoms with Crippen molar-refractivity contribution in [1.82, 2.24) is 5.32 Å². The van der Waals surface area contributed by atoms with Gasteiger partial charge in [-0.15, -0.1) is 0 Å². The number of sulfone groups is 1. The fourth-order valence-corrected chi connectivity index (χ4v) is 3.91. The Morgan fingerprint density at radius 1 is 0.926 bits per heavy atom. The molecule has 0 aromatic heterocycles. The number of benzene rings is 2. The molecule has 2 aromatic carbocycles. The minimum atomic E-state index is -3.60. The van der Waals surface area contributed by atoms with Crippen LogP contribution in [0, 0.1) is 0 Å². The number of aryl methyl sites for hydroxylation is 1. The Kier molecular flexibility index (Phi) is 7.55. The quantitative estimate of drug-likeness (QED) is 0.646. The number of carboxylic acids is 1. The zero-order valence-corrected chi connectivity index (χ0v) is 15.7. The molecular weight excluding hydrogens is 366 g/mol. The van der Waals surface area contributed by atoms with Crippen molar-refractivity contribution >= 4 is 21.7 Å². The maximum Gasteiger partial charge on any atom is 0.326 e. The van der Waals surface area contributed by atoms with Gasteiger partial charge in [-0.1, -0.05) is 60.7 Å². The SMILES string of the molecule is O=C(CS(=O)(=O)CCCc1ccccc1)NC(Cc1ccccc1)C(=O)O. The van der Waals surface area contributed by atoms with E-state index in [4.69, 9.17) is 0 Å². The molecule has 0 aliphatic heterocycles. The van der Waals surface area contributed by atoms with Crippen LogP contribution in [0.2, 0.25) is 0 Å². The van der Waals surface area contributed by atoms with E-state index in [-0.39, 0.29) is 12.2 Å². The summed E-state index contributed by atoms with van der Waals surface area (Å²) in [7, 11) is -3.60. The lowest BCUT2D eigenvalue weighted by Crippen LogP contribution is -2.44. The molecule has 0 fully saturated rings. The van der Waals surface area contributed by atoms with Gasteiger partial charge in [0.15, 0.2) is 9.84 Å². The fourth-order valence-electron chi connectivity index (χ4n) is 2.70. The molecule has 7 heteroatoms. The molecule has 0 spiro atoms. The molecular formula is C20H23NO5S. The minimum absolute atomic E-state index is 0.0932.